The summed E-state index contributed by atoms with van der Waals surface area (Å²) in [5.74, 6) is 0. The van der Waals surface area contributed by atoms with E-state index < -0.39 is 0 Å². The van der Waals surface area contributed by atoms with Gasteiger partial charge < -0.3 is 18.9 Å². The highest BCUT2D eigenvalue weighted by Crippen LogP contribution is 1.92. The minimum atomic E-state index is 0.625. The maximum Gasteiger partial charge on any atom is 0.0701 e. The molecule has 5 nitrogen and oxygen atoms in total. The van der Waals surface area contributed by atoms with Crippen molar-refractivity contribution in [3.63, 3.8) is 0 Å². The molecule has 6 heteroatoms. The molecule has 0 aliphatic rings. The van der Waals surface area contributed by atoms with Gasteiger partial charge in [0.2, 0.25) is 0 Å². The van der Waals surface area contributed by atoms with Gasteiger partial charge in [0.05, 0.1) is 39.6 Å². The minimum absolute atomic E-state index is 0.625. The van der Waals surface area contributed by atoms with E-state index in [0.717, 1.165) is 38.2 Å². The second kappa shape index (κ2) is 15.3. The molecule has 0 aliphatic carbocycles. The van der Waals surface area contributed by atoms with Crippen molar-refractivity contribution in [1.82, 2.24) is 4.90 Å². The number of hydrogen-bond donors (Lipinski definition) is 0. The summed E-state index contributed by atoms with van der Waals surface area (Å²) in [6, 6.07) is 0. The summed E-state index contributed by atoms with van der Waals surface area (Å²) in [6.45, 7) is 6.88. The standard InChI is InChI=1S/C12H26BrNO4/c1-15-7-5-14(4-3-13)6-8-17-11-12-18-10-9-16-2/h3-12H2,1-2H3. The van der Waals surface area contributed by atoms with Crippen molar-refractivity contribution in [2.75, 3.05) is 78.8 Å². The van der Waals surface area contributed by atoms with Crippen LogP contribution < -0.4 is 0 Å². The van der Waals surface area contributed by atoms with Crippen LogP contribution in [0, 0.1) is 0 Å². The van der Waals surface area contributed by atoms with E-state index in [1.165, 1.54) is 0 Å². The van der Waals surface area contributed by atoms with Crippen LogP contribution in [-0.4, -0.2) is 83.7 Å². The molecule has 0 fully saturated rings. The van der Waals surface area contributed by atoms with Gasteiger partial charge in [0.1, 0.15) is 0 Å². The van der Waals surface area contributed by atoms with E-state index in [-0.39, 0.29) is 0 Å². The van der Waals surface area contributed by atoms with Gasteiger partial charge in [0.15, 0.2) is 0 Å². The fourth-order valence-corrected chi connectivity index (χ4v) is 1.83. The Bertz CT molecular complexity index is 163. The second-order valence-corrected chi connectivity index (χ2v) is 4.53. The average molecular weight is 328 g/mol. The van der Waals surface area contributed by atoms with E-state index in [9.17, 15) is 0 Å². The summed E-state index contributed by atoms with van der Waals surface area (Å²) < 4.78 is 20.8. The Morgan fingerprint density at radius 1 is 0.722 bits per heavy atom. The van der Waals surface area contributed by atoms with E-state index >= 15 is 0 Å². The quantitative estimate of drug-likeness (QED) is 0.352. The van der Waals surface area contributed by atoms with Crippen molar-refractivity contribution in [3.05, 3.63) is 0 Å². The Morgan fingerprint density at radius 3 is 1.89 bits per heavy atom. The van der Waals surface area contributed by atoms with Gasteiger partial charge in [0, 0.05) is 39.2 Å². The average Bonchev–Trinajstić information content (AvgIpc) is 2.39. The second-order valence-electron chi connectivity index (χ2n) is 3.74. The first-order valence-electron chi connectivity index (χ1n) is 6.26. The molecule has 0 saturated carbocycles. The molecule has 0 spiro atoms. The van der Waals surface area contributed by atoms with Crippen LogP contribution in [-0.2, 0) is 18.9 Å². The Labute approximate surface area is 119 Å². The van der Waals surface area contributed by atoms with Gasteiger partial charge >= 0.3 is 0 Å². The third-order valence-corrected chi connectivity index (χ3v) is 2.72. The maximum atomic E-state index is 5.51. The molecule has 0 aliphatic heterocycles. The first kappa shape index (κ1) is 18.3. The zero-order chi connectivity index (χ0) is 13.5. The molecular weight excluding hydrogens is 302 g/mol. The minimum Gasteiger partial charge on any atom is -0.383 e. The molecule has 0 heterocycles. The van der Waals surface area contributed by atoms with Crippen LogP contribution in [0.4, 0.5) is 0 Å². The van der Waals surface area contributed by atoms with E-state index in [2.05, 4.69) is 20.8 Å². The van der Waals surface area contributed by atoms with Crippen molar-refractivity contribution >= 4 is 15.9 Å². The summed E-state index contributed by atoms with van der Waals surface area (Å²) in [5, 5.41) is 0.969. The molecule has 110 valence electrons. The SMILES string of the molecule is COCCOCCOCCN(CCBr)CCOC. The molecule has 0 bridgehead atoms. The fraction of sp³-hybridized carbons (Fsp3) is 1.00. The molecule has 0 aromatic carbocycles. The molecule has 0 rings (SSSR count). The number of nitrogens with zero attached hydrogens (tertiary/aromatic N) is 1. The van der Waals surface area contributed by atoms with E-state index in [1.807, 2.05) is 0 Å². The summed E-state index contributed by atoms with van der Waals surface area (Å²) in [7, 11) is 3.39. The number of rotatable bonds is 14. The lowest BCUT2D eigenvalue weighted by atomic mass is 10.5. The molecular formula is C12H26BrNO4. The summed E-state index contributed by atoms with van der Waals surface area (Å²) in [5.41, 5.74) is 0. The number of methoxy groups -OCH3 is 2. The van der Waals surface area contributed by atoms with Crippen LogP contribution >= 0.6 is 15.9 Å². The Balaban J connectivity index is 3.31. The lowest BCUT2D eigenvalue weighted by molar-refractivity contribution is 0.0185. The zero-order valence-electron chi connectivity index (χ0n) is 11.5. The molecule has 0 unspecified atom stereocenters. The molecule has 18 heavy (non-hydrogen) atoms. The molecule has 0 atom stereocenters. The van der Waals surface area contributed by atoms with Crippen LogP contribution in [0.1, 0.15) is 0 Å². The molecule has 0 aromatic heterocycles. The summed E-state index contributed by atoms with van der Waals surface area (Å²) >= 11 is 3.44. The molecule has 0 amide bonds. The lowest BCUT2D eigenvalue weighted by Crippen LogP contribution is -2.32. The Kier molecular flexibility index (Phi) is 15.6. The van der Waals surface area contributed by atoms with Crippen molar-refractivity contribution < 1.29 is 18.9 Å². The van der Waals surface area contributed by atoms with Crippen molar-refractivity contribution in [2.45, 2.75) is 0 Å². The fourth-order valence-electron chi connectivity index (χ4n) is 1.33. The third kappa shape index (κ3) is 12.7. The van der Waals surface area contributed by atoms with Gasteiger partial charge in [-0.25, -0.2) is 0 Å². The van der Waals surface area contributed by atoms with Crippen LogP contribution in [0.3, 0.4) is 0 Å². The number of hydrogen-bond acceptors (Lipinski definition) is 5. The Morgan fingerprint density at radius 2 is 1.28 bits per heavy atom. The van der Waals surface area contributed by atoms with Gasteiger partial charge in [-0.15, -0.1) is 0 Å². The largest absolute Gasteiger partial charge is 0.383 e. The van der Waals surface area contributed by atoms with Crippen LogP contribution in [0.15, 0.2) is 0 Å². The third-order valence-electron chi connectivity index (χ3n) is 2.37. The van der Waals surface area contributed by atoms with Gasteiger partial charge in [-0.2, -0.15) is 0 Å². The lowest BCUT2D eigenvalue weighted by Gasteiger charge is -2.20. The van der Waals surface area contributed by atoms with Crippen LogP contribution in [0.2, 0.25) is 0 Å². The van der Waals surface area contributed by atoms with Crippen molar-refractivity contribution in [3.8, 4) is 0 Å². The van der Waals surface area contributed by atoms with Gasteiger partial charge in [-0.3, -0.25) is 4.90 Å². The predicted octanol–water partition coefficient (Wildman–Crippen LogP) is 1.01. The highest BCUT2D eigenvalue weighted by molar-refractivity contribution is 9.09. The Hall–Kier alpha value is 0.280. The topological polar surface area (TPSA) is 40.2 Å². The van der Waals surface area contributed by atoms with Crippen molar-refractivity contribution in [1.29, 1.82) is 0 Å². The first-order chi connectivity index (χ1) is 8.85. The van der Waals surface area contributed by atoms with Gasteiger partial charge in [0.25, 0.3) is 0 Å². The van der Waals surface area contributed by atoms with E-state index in [4.69, 9.17) is 18.9 Å². The zero-order valence-corrected chi connectivity index (χ0v) is 13.1. The maximum absolute atomic E-state index is 5.51. The van der Waals surface area contributed by atoms with Gasteiger partial charge in [-0.1, -0.05) is 15.9 Å². The van der Waals surface area contributed by atoms with Gasteiger partial charge in [-0.05, 0) is 0 Å². The summed E-state index contributed by atoms with van der Waals surface area (Å²) in [6.07, 6.45) is 0. The van der Waals surface area contributed by atoms with E-state index in [0.29, 0.717) is 26.4 Å². The molecule has 0 saturated heterocycles. The highest BCUT2D eigenvalue weighted by atomic mass is 79.9. The number of ether oxygens (including phenoxy) is 4. The summed E-state index contributed by atoms with van der Waals surface area (Å²) in [4.78, 5) is 2.31. The number of alkyl halides is 1. The van der Waals surface area contributed by atoms with Crippen LogP contribution in [0.25, 0.3) is 0 Å². The smallest absolute Gasteiger partial charge is 0.0701 e. The van der Waals surface area contributed by atoms with Crippen molar-refractivity contribution in [2.24, 2.45) is 0 Å². The molecule has 0 aromatic rings. The molecule has 0 radical (unpaired) electrons. The molecule has 0 N–H and O–H groups in total. The first-order valence-corrected chi connectivity index (χ1v) is 7.39. The normalized spacial score (nSPS) is 11.3. The predicted molar refractivity (Wildman–Crippen MR) is 75.6 cm³/mol. The van der Waals surface area contributed by atoms with E-state index in [1.54, 1.807) is 14.2 Å². The highest BCUT2D eigenvalue weighted by Gasteiger charge is 2.03. The van der Waals surface area contributed by atoms with Crippen LogP contribution in [0.5, 0.6) is 0 Å². The monoisotopic (exact) mass is 327 g/mol. The number of halogens is 1.